The first-order valence-electron chi connectivity index (χ1n) is 6.80. The average molecular weight is 292 g/mol. The Morgan fingerprint density at radius 2 is 1.90 bits per heavy atom. The van der Waals surface area contributed by atoms with Crippen molar-refractivity contribution in [1.82, 2.24) is 20.1 Å². The van der Waals surface area contributed by atoms with Gasteiger partial charge in [0.25, 0.3) is 0 Å². The molecule has 114 valence electrons. The summed E-state index contributed by atoms with van der Waals surface area (Å²) >= 11 is 0. The van der Waals surface area contributed by atoms with Gasteiger partial charge in [0.05, 0.1) is 12.2 Å². The standard InChI is InChI=1S/C12H20N8O/c1-4-20(5-2)12-16-10(15-11(17-12)18-13)14-7-9-6-8(3)19-21-9/h6H,4-5,7,13H2,1-3H3,(H2,14,15,16,17,18). The van der Waals surface area contributed by atoms with Gasteiger partial charge in [-0.25, -0.2) is 5.84 Å². The van der Waals surface area contributed by atoms with Crippen LogP contribution < -0.4 is 21.5 Å². The zero-order chi connectivity index (χ0) is 15.2. The molecular formula is C12H20N8O. The van der Waals surface area contributed by atoms with Gasteiger partial charge < -0.3 is 14.7 Å². The predicted molar refractivity (Wildman–Crippen MR) is 79.8 cm³/mol. The van der Waals surface area contributed by atoms with E-state index in [1.165, 1.54) is 0 Å². The van der Waals surface area contributed by atoms with Crippen molar-refractivity contribution in [3.63, 3.8) is 0 Å². The van der Waals surface area contributed by atoms with Crippen molar-refractivity contribution in [3.8, 4) is 0 Å². The van der Waals surface area contributed by atoms with E-state index in [4.69, 9.17) is 10.4 Å². The number of nitrogens with two attached hydrogens (primary N) is 1. The van der Waals surface area contributed by atoms with Crippen molar-refractivity contribution in [1.29, 1.82) is 0 Å². The van der Waals surface area contributed by atoms with Crippen LogP contribution >= 0.6 is 0 Å². The SMILES string of the molecule is CCN(CC)c1nc(NN)nc(NCc2cc(C)no2)n1. The third-order valence-electron chi connectivity index (χ3n) is 2.90. The molecule has 0 saturated heterocycles. The molecule has 0 fully saturated rings. The monoisotopic (exact) mass is 292 g/mol. The highest BCUT2D eigenvalue weighted by molar-refractivity contribution is 5.43. The Kier molecular flexibility index (Phi) is 4.88. The minimum absolute atomic E-state index is 0.308. The number of nitrogens with zero attached hydrogens (tertiary/aromatic N) is 5. The van der Waals surface area contributed by atoms with Crippen LogP contribution in [0.4, 0.5) is 17.8 Å². The van der Waals surface area contributed by atoms with Crippen LogP contribution in [0, 0.1) is 6.92 Å². The molecule has 4 N–H and O–H groups in total. The van der Waals surface area contributed by atoms with Gasteiger partial charge in [-0.1, -0.05) is 5.16 Å². The maximum Gasteiger partial charge on any atom is 0.243 e. The van der Waals surface area contributed by atoms with E-state index in [-0.39, 0.29) is 0 Å². The first kappa shape index (κ1) is 15.0. The van der Waals surface area contributed by atoms with Crippen LogP contribution in [0.15, 0.2) is 10.6 Å². The lowest BCUT2D eigenvalue weighted by Crippen LogP contribution is -2.26. The van der Waals surface area contributed by atoms with Crippen molar-refractivity contribution in [3.05, 3.63) is 17.5 Å². The highest BCUT2D eigenvalue weighted by atomic mass is 16.5. The van der Waals surface area contributed by atoms with Gasteiger partial charge in [-0.3, -0.25) is 5.43 Å². The topological polar surface area (TPSA) is 118 Å². The Labute approximate surface area is 122 Å². The van der Waals surface area contributed by atoms with Gasteiger partial charge in [-0.05, 0) is 20.8 Å². The number of aryl methyl sites for hydroxylation is 1. The summed E-state index contributed by atoms with van der Waals surface area (Å²) in [5, 5.41) is 6.90. The van der Waals surface area contributed by atoms with Crippen LogP contribution in [0.3, 0.4) is 0 Å². The Morgan fingerprint density at radius 3 is 2.48 bits per heavy atom. The second-order valence-corrected chi connectivity index (χ2v) is 4.39. The Bertz CT molecular complexity index is 580. The maximum atomic E-state index is 5.40. The summed E-state index contributed by atoms with van der Waals surface area (Å²) in [5.41, 5.74) is 3.28. The first-order chi connectivity index (χ1) is 10.2. The van der Waals surface area contributed by atoms with Crippen LogP contribution in [-0.4, -0.2) is 33.2 Å². The summed E-state index contributed by atoms with van der Waals surface area (Å²) < 4.78 is 5.13. The van der Waals surface area contributed by atoms with Crippen LogP contribution in [0.2, 0.25) is 0 Å². The van der Waals surface area contributed by atoms with Crippen LogP contribution in [-0.2, 0) is 6.54 Å². The summed E-state index contributed by atoms with van der Waals surface area (Å²) in [6.45, 7) is 7.97. The largest absolute Gasteiger partial charge is 0.359 e. The number of nitrogen functional groups attached to an aromatic ring is 1. The Balaban J connectivity index is 2.16. The quantitative estimate of drug-likeness (QED) is 0.505. The summed E-state index contributed by atoms with van der Waals surface area (Å²) in [4.78, 5) is 14.8. The van der Waals surface area contributed by atoms with Crippen molar-refractivity contribution in [2.75, 3.05) is 28.7 Å². The number of hydrogen-bond donors (Lipinski definition) is 3. The second-order valence-electron chi connectivity index (χ2n) is 4.39. The molecule has 9 nitrogen and oxygen atoms in total. The molecule has 2 heterocycles. The number of nitrogens with one attached hydrogen (secondary N) is 2. The van der Waals surface area contributed by atoms with Gasteiger partial charge in [0, 0.05) is 19.2 Å². The number of rotatable bonds is 7. The Hall–Kier alpha value is -2.42. The molecule has 0 unspecified atom stereocenters. The van der Waals surface area contributed by atoms with Gasteiger partial charge in [0.15, 0.2) is 5.76 Å². The first-order valence-corrected chi connectivity index (χ1v) is 6.80. The lowest BCUT2D eigenvalue weighted by molar-refractivity contribution is 0.384. The van der Waals surface area contributed by atoms with Crippen LogP contribution in [0.1, 0.15) is 25.3 Å². The summed E-state index contributed by atoms with van der Waals surface area (Å²) in [7, 11) is 0. The lowest BCUT2D eigenvalue weighted by atomic mass is 10.4. The van der Waals surface area contributed by atoms with E-state index >= 15 is 0 Å². The van der Waals surface area contributed by atoms with E-state index in [0.717, 1.165) is 18.8 Å². The molecule has 0 bridgehead atoms. The molecule has 21 heavy (non-hydrogen) atoms. The van der Waals surface area contributed by atoms with E-state index in [0.29, 0.717) is 30.2 Å². The summed E-state index contributed by atoms with van der Waals surface area (Å²) in [5.74, 6) is 7.41. The highest BCUT2D eigenvalue weighted by Gasteiger charge is 2.11. The smallest absolute Gasteiger partial charge is 0.243 e. The fourth-order valence-corrected chi connectivity index (χ4v) is 1.82. The lowest BCUT2D eigenvalue weighted by Gasteiger charge is -2.19. The average Bonchev–Trinajstić information content (AvgIpc) is 2.92. The molecule has 9 heteroatoms. The van der Waals surface area contributed by atoms with Gasteiger partial charge >= 0.3 is 0 Å². The number of aromatic nitrogens is 4. The van der Waals surface area contributed by atoms with E-state index in [9.17, 15) is 0 Å². The molecule has 0 aromatic carbocycles. The number of hydrogen-bond acceptors (Lipinski definition) is 9. The van der Waals surface area contributed by atoms with Crippen molar-refractivity contribution in [2.24, 2.45) is 5.84 Å². The second kappa shape index (κ2) is 6.84. The fourth-order valence-electron chi connectivity index (χ4n) is 1.82. The van der Waals surface area contributed by atoms with Crippen LogP contribution in [0.5, 0.6) is 0 Å². The van der Waals surface area contributed by atoms with E-state index in [1.54, 1.807) is 0 Å². The van der Waals surface area contributed by atoms with Crippen molar-refractivity contribution in [2.45, 2.75) is 27.3 Å². The van der Waals surface area contributed by atoms with Gasteiger partial charge in [0.1, 0.15) is 0 Å². The molecule has 0 aliphatic rings. The molecule has 0 amide bonds. The molecule has 0 radical (unpaired) electrons. The number of anilines is 3. The minimum Gasteiger partial charge on any atom is -0.359 e. The molecular weight excluding hydrogens is 272 g/mol. The molecule has 0 aliphatic heterocycles. The maximum absolute atomic E-state index is 5.40. The number of hydrazine groups is 1. The molecule has 0 aliphatic carbocycles. The van der Waals surface area contributed by atoms with Crippen molar-refractivity contribution >= 4 is 17.8 Å². The molecule has 0 spiro atoms. The molecule has 0 atom stereocenters. The zero-order valence-corrected chi connectivity index (χ0v) is 12.4. The highest BCUT2D eigenvalue weighted by Crippen LogP contribution is 2.13. The minimum atomic E-state index is 0.308. The van der Waals surface area contributed by atoms with E-state index < -0.39 is 0 Å². The Morgan fingerprint density at radius 1 is 1.19 bits per heavy atom. The molecule has 2 aromatic heterocycles. The third-order valence-corrected chi connectivity index (χ3v) is 2.90. The molecule has 2 rings (SSSR count). The third kappa shape index (κ3) is 3.78. The zero-order valence-electron chi connectivity index (χ0n) is 12.4. The normalized spacial score (nSPS) is 10.5. The summed E-state index contributed by atoms with van der Waals surface area (Å²) in [6.07, 6.45) is 0. The van der Waals surface area contributed by atoms with Crippen molar-refractivity contribution < 1.29 is 4.52 Å². The summed E-state index contributed by atoms with van der Waals surface area (Å²) in [6, 6.07) is 1.85. The van der Waals surface area contributed by atoms with Gasteiger partial charge in [-0.15, -0.1) is 0 Å². The van der Waals surface area contributed by atoms with Crippen LogP contribution in [0.25, 0.3) is 0 Å². The fraction of sp³-hybridized carbons (Fsp3) is 0.500. The molecule has 0 saturated carbocycles. The van der Waals surface area contributed by atoms with E-state index in [2.05, 4.69) is 30.9 Å². The van der Waals surface area contributed by atoms with Gasteiger partial charge in [-0.2, -0.15) is 15.0 Å². The predicted octanol–water partition coefficient (Wildman–Crippen LogP) is 0.912. The van der Waals surface area contributed by atoms with Gasteiger partial charge in [0.2, 0.25) is 17.8 Å². The van der Waals surface area contributed by atoms with E-state index in [1.807, 2.05) is 31.7 Å². The molecule has 2 aromatic rings.